The molecule has 0 aromatic heterocycles. The van der Waals surface area contributed by atoms with Crippen molar-refractivity contribution in [1.29, 1.82) is 0 Å². The van der Waals surface area contributed by atoms with E-state index >= 15 is 0 Å². The number of allylic oxidation sites excluding steroid dienone is 3. The van der Waals surface area contributed by atoms with Crippen LogP contribution in [0.2, 0.25) is 0 Å². The largest absolute Gasteiger partial charge is 0.0795 e. The van der Waals surface area contributed by atoms with E-state index in [1.807, 2.05) is 0 Å². The van der Waals surface area contributed by atoms with E-state index in [0.717, 1.165) is 12.8 Å². The first-order chi connectivity index (χ1) is 8.75. The molecule has 0 saturated heterocycles. The van der Waals surface area contributed by atoms with Gasteiger partial charge in [-0.2, -0.15) is 0 Å². The lowest BCUT2D eigenvalue weighted by Crippen LogP contribution is -2.04. The summed E-state index contributed by atoms with van der Waals surface area (Å²) in [6.07, 6.45) is 9.07. The highest BCUT2D eigenvalue weighted by Crippen LogP contribution is 2.43. The molecule has 0 bridgehead atoms. The van der Waals surface area contributed by atoms with Gasteiger partial charge in [0.15, 0.2) is 0 Å². The van der Waals surface area contributed by atoms with Gasteiger partial charge in [-0.1, -0.05) is 30.4 Å². The van der Waals surface area contributed by atoms with E-state index < -0.39 is 0 Å². The fourth-order valence-electron chi connectivity index (χ4n) is 3.03. The van der Waals surface area contributed by atoms with Crippen molar-refractivity contribution in [3.05, 3.63) is 55.1 Å². The first kappa shape index (κ1) is 11.2. The van der Waals surface area contributed by atoms with Crippen molar-refractivity contribution in [3.63, 3.8) is 0 Å². The summed E-state index contributed by atoms with van der Waals surface area (Å²) in [5.41, 5.74) is 5.80. The van der Waals surface area contributed by atoms with Crippen LogP contribution >= 0.6 is 38.5 Å². The number of halogens is 2. The van der Waals surface area contributed by atoms with Crippen molar-refractivity contribution < 1.29 is 0 Å². The van der Waals surface area contributed by atoms with Crippen LogP contribution in [-0.4, -0.2) is 0 Å². The lowest BCUT2D eigenvalue weighted by atomic mass is 9.81. The Morgan fingerprint density at radius 2 is 2.06 bits per heavy atom. The summed E-state index contributed by atoms with van der Waals surface area (Å²) in [7, 11) is 0. The highest BCUT2D eigenvalue weighted by molar-refractivity contribution is 14.1. The lowest BCUT2D eigenvalue weighted by molar-refractivity contribution is 1.22. The first-order valence-corrected chi connectivity index (χ1v) is 7.92. The van der Waals surface area contributed by atoms with Crippen molar-refractivity contribution in [2.75, 3.05) is 0 Å². The van der Waals surface area contributed by atoms with Crippen LogP contribution in [0.3, 0.4) is 0 Å². The molecule has 18 heavy (non-hydrogen) atoms. The van der Waals surface area contributed by atoms with Gasteiger partial charge in [-0.05, 0) is 90.5 Å². The topological polar surface area (TPSA) is 0 Å². The number of hydrogen-bond acceptors (Lipinski definition) is 0. The standard InChI is InChI=1S/C16H10BrI/c17-13-8-11-5-4-9-2-1-3-10-6-7-12(16(13)18)15(11)14(9)10/h1,3-4,6-8H,2,5H2. The van der Waals surface area contributed by atoms with Gasteiger partial charge < -0.3 is 0 Å². The first-order valence-electron chi connectivity index (χ1n) is 6.05. The summed E-state index contributed by atoms with van der Waals surface area (Å²) >= 11 is 6.12. The smallest absolute Gasteiger partial charge is 0.0351 e. The molecule has 0 amide bonds. The Kier molecular flexibility index (Phi) is 2.46. The quantitative estimate of drug-likeness (QED) is 0.500. The summed E-state index contributed by atoms with van der Waals surface area (Å²) in [4.78, 5) is 0. The van der Waals surface area contributed by atoms with Gasteiger partial charge in [-0.25, -0.2) is 0 Å². The molecule has 0 N–H and O–H groups in total. The molecule has 0 nitrogen and oxygen atoms in total. The van der Waals surface area contributed by atoms with E-state index in [0.29, 0.717) is 0 Å². The molecule has 2 heteroatoms. The van der Waals surface area contributed by atoms with E-state index in [1.165, 1.54) is 41.1 Å². The van der Waals surface area contributed by atoms with E-state index in [4.69, 9.17) is 0 Å². The van der Waals surface area contributed by atoms with Crippen LogP contribution in [0.25, 0.3) is 22.4 Å². The highest BCUT2D eigenvalue weighted by Gasteiger charge is 2.21. The zero-order chi connectivity index (χ0) is 12.3. The Balaban J connectivity index is 2.26. The molecule has 2 aliphatic rings. The summed E-state index contributed by atoms with van der Waals surface area (Å²) < 4.78 is 2.54. The molecule has 0 heterocycles. The van der Waals surface area contributed by atoms with Crippen molar-refractivity contribution >= 4 is 60.9 Å². The predicted molar refractivity (Wildman–Crippen MR) is 89.7 cm³/mol. The van der Waals surface area contributed by atoms with Gasteiger partial charge in [0.05, 0.1) is 0 Å². The number of hydrogen-bond donors (Lipinski definition) is 0. The van der Waals surface area contributed by atoms with Crippen LogP contribution in [0.4, 0.5) is 0 Å². The zero-order valence-electron chi connectivity index (χ0n) is 9.63. The van der Waals surface area contributed by atoms with Crippen molar-refractivity contribution in [3.8, 4) is 0 Å². The van der Waals surface area contributed by atoms with Gasteiger partial charge in [0.1, 0.15) is 0 Å². The van der Waals surface area contributed by atoms with Gasteiger partial charge in [-0.15, -0.1) is 0 Å². The van der Waals surface area contributed by atoms with Gasteiger partial charge in [-0.3, -0.25) is 0 Å². The highest BCUT2D eigenvalue weighted by atomic mass is 127. The zero-order valence-corrected chi connectivity index (χ0v) is 13.4. The van der Waals surface area contributed by atoms with Crippen LogP contribution in [0.5, 0.6) is 0 Å². The second-order valence-corrected chi connectivity index (χ2v) is 6.76. The van der Waals surface area contributed by atoms with Crippen molar-refractivity contribution in [2.45, 2.75) is 12.8 Å². The van der Waals surface area contributed by atoms with Crippen molar-refractivity contribution in [1.82, 2.24) is 0 Å². The third-order valence-corrected chi connectivity index (χ3v) is 6.36. The third kappa shape index (κ3) is 1.42. The fourth-order valence-corrected chi connectivity index (χ4v) is 4.13. The minimum Gasteiger partial charge on any atom is -0.0795 e. The molecule has 0 fully saturated rings. The molecule has 0 unspecified atom stereocenters. The molecule has 0 saturated carbocycles. The molecule has 2 aromatic carbocycles. The Morgan fingerprint density at radius 1 is 1.17 bits per heavy atom. The molecule has 0 aliphatic heterocycles. The minimum atomic E-state index is 1.06. The Labute approximate surface area is 128 Å². The average molecular weight is 409 g/mol. The van der Waals surface area contributed by atoms with E-state index in [-0.39, 0.29) is 0 Å². The molecule has 2 aromatic rings. The second-order valence-electron chi connectivity index (χ2n) is 4.82. The van der Waals surface area contributed by atoms with Crippen LogP contribution in [0.1, 0.15) is 23.1 Å². The minimum absolute atomic E-state index is 1.06. The van der Waals surface area contributed by atoms with Crippen LogP contribution in [0.15, 0.2) is 34.8 Å². The van der Waals surface area contributed by atoms with E-state index in [1.54, 1.807) is 0 Å². The predicted octanol–water partition coefficient (Wildman–Crippen LogP) is 5.56. The summed E-state index contributed by atoms with van der Waals surface area (Å²) in [6.45, 7) is 0. The molecule has 0 radical (unpaired) electrons. The molecular weight excluding hydrogens is 399 g/mol. The summed E-state index contributed by atoms with van der Waals surface area (Å²) in [5.74, 6) is 0. The molecule has 2 aliphatic carbocycles. The molecule has 0 spiro atoms. The Hall–Kier alpha value is -0.610. The monoisotopic (exact) mass is 408 g/mol. The fraction of sp³-hybridized carbons (Fsp3) is 0.125. The van der Waals surface area contributed by atoms with Crippen LogP contribution in [-0.2, 0) is 6.42 Å². The third-order valence-electron chi connectivity index (χ3n) is 3.83. The average Bonchev–Trinajstić information content (AvgIpc) is 2.40. The van der Waals surface area contributed by atoms with Gasteiger partial charge in [0, 0.05) is 8.04 Å². The SMILES string of the molecule is Brc1cc2c3c4c(ccc3c1I)C=CCC4=CC2. The summed E-state index contributed by atoms with van der Waals surface area (Å²) in [6, 6.07) is 6.81. The normalized spacial score (nSPS) is 16.0. The number of benzene rings is 2. The van der Waals surface area contributed by atoms with Gasteiger partial charge in [0.2, 0.25) is 0 Å². The summed E-state index contributed by atoms with van der Waals surface area (Å²) in [5, 5.41) is 2.86. The second kappa shape index (κ2) is 3.94. The maximum absolute atomic E-state index is 3.68. The Bertz CT molecular complexity index is 754. The van der Waals surface area contributed by atoms with Gasteiger partial charge in [0.25, 0.3) is 0 Å². The molecule has 88 valence electrons. The maximum Gasteiger partial charge on any atom is 0.0351 e. The van der Waals surface area contributed by atoms with Gasteiger partial charge >= 0.3 is 0 Å². The van der Waals surface area contributed by atoms with Crippen LogP contribution < -0.4 is 0 Å². The number of rotatable bonds is 0. The maximum atomic E-state index is 3.68. The van der Waals surface area contributed by atoms with Crippen molar-refractivity contribution in [2.24, 2.45) is 0 Å². The lowest BCUT2D eigenvalue weighted by Gasteiger charge is -2.24. The van der Waals surface area contributed by atoms with Crippen LogP contribution in [0, 0.1) is 3.57 Å². The molecule has 0 atom stereocenters. The molecule has 4 rings (SSSR count). The Morgan fingerprint density at radius 3 is 2.94 bits per heavy atom. The molecular formula is C16H10BrI. The van der Waals surface area contributed by atoms with E-state index in [2.05, 4.69) is 74.9 Å². The van der Waals surface area contributed by atoms with E-state index in [9.17, 15) is 0 Å².